The van der Waals surface area contributed by atoms with E-state index >= 15 is 0 Å². The number of hydrogen-bond donors (Lipinski definition) is 1. The zero-order chi connectivity index (χ0) is 16.0. The summed E-state index contributed by atoms with van der Waals surface area (Å²) < 4.78 is 10.7. The number of methoxy groups -OCH3 is 1. The van der Waals surface area contributed by atoms with Crippen molar-refractivity contribution in [3.05, 3.63) is 24.3 Å². The molecular formula is C16H26N2O3. The normalized spacial score (nSPS) is 12.7. The van der Waals surface area contributed by atoms with Crippen molar-refractivity contribution in [2.45, 2.75) is 26.8 Å². The lowest BCUT2D eigenvalue weighted by Gasteiger charge is -2.29. The molecule has 0 aliphatic rings. The summed E-state index contributed by atoms with van der Waals surface area (Å²) >= 11 is 0. The van der Waals surface area contributed by atoms with Crippen LogP contribution in [-0.2, 0) is 4.79 Å². The standard InChI is InChI=1S/C16H26N2O3/c1-16(2,3)14(17)15(19)18(4)10-11-21-13-8-6-12(20-5)7-9-13/h6-9,14H,10-11,17H2,1-5H3/t14-/m0/s1. The van der Waals surface area contributed by atoms with Crippen LogP contribution >= 0.6 is 0 Å². The van der Waals surface area contributed by atoms with Crippen LogP contribution in [-0.4, -0.2) is 44.2 Å². The Labute approximate surface area is 127 Å². The van der Waals surface area contributed by atoms with Gasteiger partial charge in [0, 0.05) is 7.05 Å². The maximum atomic E-state index is 12.1. The van der Waals surface area contributed by atoms with Crippen molar-refractivity contribution >= 4 is 5.91 Å². The molecule has 2 N–H and O–H groups in total. The summed E-state index contributed by atoms with van der Waals surface area (Å²) in [6.45, 7) is 6.78. The molecule has 0 heterocycles. The molecule has 0 radical (unpaired) electrons. The summed E-state index contributed by atoms with van der Waals surface area (Å²) in [5.41, 5.74) is 5.72. The average Bonchev–Trinajstić information content (AvgIpc) is 2.45. The zero-order valence-electron chi connectivity index (χ0n) is 13.6. The summed E-state index contributed by atoms with van der Waals surface area (Å²) in [5.74, 6) is 1.46. The van der Waals surface area contributed by atoms with Crippen LogP contribution in [0.2, 0.25) is 0 Å². The molecule has 0 bridgehead atoms. The fraction of sp³-hybridized carbons (Fsp3) is 0.562. The quantitative estimate of drug-likeness (QED) is 0.870. The second kappa shape index (κ2) is 7.31. The maximum Gasteiger partial charge on any atom is 0.239 e. The van der Waals surface area contributed by atoms with Crippen molar-refractivity contribution in [1.29, 1.82) is 0 Å². The Morgan fingerprint density at radius 2 is 1.76 bits per heavy atom. The number of nitrogens with zero attached hydrogens (tertiary/aromatic N) is 1. The van der Waals surface area contributed by atoms with E-state index in [0.717, 1.165) is 11.5 Å². The van der Waals surface area contributed by atoms with E-state index in [4.69, 9.17) is 15.2 Å². The predicted molar refractivity (Wildman–Crippen MR) is 83.6 cm³/mol. The third kappa shape index (κ3) is 5.27. The van der Waals surface area contributed by atoms with E-state index in [2.05, 4.69) is 0 Å². The lowest BCUT2D eigenvalue weighted by Crippen LogP contribution is -2.49. The molecule has 5 nitrogen and oxygen atoms in total. The Balaban J connectivity index is 2.42. The van der Waals surface area contributed by atoms with E-state index in [1.54, 1.807) is 19.1 Å². The largest absolute Gasteiger partial charge is 0.497 e. The van der Waals surface area contributed by atoms with Crippen LogP contribution in [0.15, 0.2) is 24.3 Å². The first-order chi connectivity index (χ1) is 9.75. The Morgan fingerprint density at radius 3 is 2.24 bits per heavy atom. The molecule has 0 aliphatic carbocycles. The minimum atomic E-state index is -0.511. The lowest BCUT2D eigenvalue weighted by atomic mass is 9.86. The Kier molecular flexibility index (Phi) is 6.03. The van der Waals surface area contributed by atoms with E-state index in [0.29, 0.717) is 13.2 Å². The molecule has 5 heteroatoms. The third-order valence-electron chi connectivity index (χ3n) is 3.33. The fourth-order valence-corrected chi connectivity index (χ4v) is 1.69. The first-order valence-corrected chi connectivity index (χ1v) is 7.03. The first kappa shape index (κ1) is 17.3. The summed E-state index contributed by atoms with van der Waals surface area (Å²) in [7, 11) is 3.36. The molecule has 1 atom stereocenters. The fourth-order valence-electron chi connectivity index (χ4n) is 1.69. The molecule has 1 aromatic rings. The number of likely N-dealkylation sites (N-methyl/N-ethyl adjacent to an activating group) is 1. The molecular weight excluding hydrogens is 268 g/mol. The van der Waals surface area contributed by atoms with Crippen LogP contribution < -0.4 is 15.2 Å². The van der Waals surface area contributed by atoms with Crippen molar-refractivity contribution in [3.8, 4) is 11.5 Å². The Hall–Kier alpha value is -1.75. The second-order valence-electron chi connectivity index (χ2n) is 6.13. The predicted octanol–water partition coefficient (Wildman–Crippen LogP) is 1.91. The second-order valence-corrected chi connectivity index (χ2v) is 6.13. The van der Waals surface area contributed by atoms with Gasteiger partial charge in [-0.25, -0.2) is 0 Å². The van der Waals surface area contributed by atoms with Crippen molar-refractivity contribution < 1.29 is 14.3 Å². The number of hydrogen-bond acceptors (Lipinski definition) is 4. The van der Waals surface area contributed by atoms with Crippen molar-refractivity contribution in [1.82, 2.24) is 4.90 Å². The topological polar surface area (TPSA) is 64.8 Å². The van der Waals surface area contributed by atoms with E-state index in [9.17, 15) is 4.79 Å². The van der Waals surface area contributed by atoms with Crippen molar-refractivity contribution in [2.24, 2.45) is 11.1 Å². The molecule has 0 aromatic heterocycles. The van der Waals surface area contributed by atoms with Crippen LogP contribution in [0.4, 0.5) is 0 Å². The van der Waals surface area contributed by atoms with Gasteiger partial charge in [0.05, 0.1) is 19.7 Å². The molecule has 1 aromatic carbocycles. The van der Waals surface area contributed by atoms with E-state index in [1.165, 1.54) is 0 Å². The molecule has 118 valence electrons. The highest BCUT2D eigenvalue weighted by atomic mass is 16.5. The number of nitrogens with two attached hydrogens (primary N) is 1. The van der Waals surface area contributed by atoms with Crippen LogP contribution in [0.25, 0.3) is 0 Å². The molecule has 21 heavy (non-hydrogen) atoms. The summed E-state index contributed by atoms with van der Waals surface area (Å²) in [6, 6.07) is 6.83. The number of amides is 1. The van der Waals surface area contributed by atoms with Gasteiger partial charge in [-0.3, -0.25) is 4.79 Å². The minimum Gasteiger partial charge on any atom is -0.497 e. The molecule has 0 saturated heterocycles. The number of rotatable bonds is 6. The lowest BCUT2D eigenvalue weighted by molar-refractivity contribution is -0.133. The maximum absolute atomic E-state index is 12.1. The van der Waals surface area contributed by atoms with Gasteiger partial charge >= 0.3 is 0 Å². The molecule has 0 spiro atoms. The summed E-state index contributed by atoms with van der Waals surface area (Å²) in [6.07, 6.45) is 0. The Morgan fingerprint density at radius 1 is 1.24 bits per heavy atom. The highest BCUT2D eigenvalue weighted by molar-refractivity contribution is 5.82. The van der Waals surface area contributed by atoms with Crippen LogP contribution in [0.1, 0.15) is 20.8 Å². The van der Waals surface area contributed by atoms with Crippen LogP contribution in [0.3, 0.4) is 0 Å². The number of carbonyl (C=O) groups is 1. The van der Waals surface area contributed by atoms with Gasteiger partial charge in [0.25, 0.3) is 0 Å². The SMILES string of the molecule is COc1ccc(OCCN(C)C(=O)[C@H](N)C(C)(C)C)cc1. The van der Waals surface area contributed by atoms with Crippen LogP contribution in [0, 0.1) is 5.41 Å². The van der Waals surface area contributed by atoms with Gasteiger partial charge in [0.2, 0.25) is 5.91 Å². The minimum absolute atomic E-state index is 0.0687. The molecule has 0 unspecified atom stereocenters. The van der Waals surface area contributed by atoms with E-state index in [-0.39, 0.29) is 11.3 Å². The van der Waals surface area contributed by atoms with Crippen molar-refractivity contribution in [2.75, 3.05) is 27.3 Å². The highest BCUT2D eigenvalue weighted by Gasteiger charge is 2.29. The van der Waals surface area contributed by atoms with Gasteiger partial charge in [0.15, 0.2) is 0 Å². The van der Waals surface area contributed by atoms with E-state index < -0.39 is 6.04 Å². The van der Waals surface area contributed by atoms with Crippen LogP contribution in [0.5, 0.6) is 11.5 Å². The van der Waals surface area contributed by atoms with Gasteiger partial charge in [-0.15, -0.1) is 0 Å². The summed E-state index contributed by atoms with van der Waals surface area (Å²) in [5, 5.41) is 0. The summed E-state index contributed by atoms with van der Waals surface area (Å²) in [4.78, 5) is 13.8. The molecule has 0 fully saturated rings. The number of carbonyl (C=O) groups excluding carboxylic acids is 1. The van der Waals surface area contributed by atoms with Gasteiger partial charge < -0.3 is 20.1 Å². The van der Waals surface area contributed by atoms with E-state index in [1.807, 2.05) is 45.0 Å². The van der Waals surface area contributed by atoms with Gasteiger partial charge in [-0.1, -0.05) is 20.8 Å². The van der Waals surface area contributed by atoms with Gasteiger partial charge in [0.1, 0.15) is 18.1 Å². The van der Waals surface area contributed by atoms with Crippen molar-refractivity contribution in [3.63, 3.8) is 0 Å². The average molecular weight is 294 g/mol. The van der Waals surface area contributed by atoms with Gasteiger partial charge in [-0.2, -0.15) is 0 Å². The highest BCUT2D eigenvalue weighted by Crippen LogP contribution is 2.19. The smallest absolute Gasteiger partial charge is 0.239 e. The molecule has 0 aliphatic heterocycles. The monoisotopic (exact) mass is 294 g/mol. The third-order valence-corrected chi connectivity index (χ3v) is 3.33. The first-order valence-electron chi connectivity index (χ1n) is 7.03. The number of ether oxygens (including phenoxy) is 2. The van der Waals surface area contributed by atoms with Gasteiger partial charge in [-0.05, 0) is 29.7 Å². The molecule has 0 saturated carbocycles. The molecule has 1 rings (SSSR count). The zero-order valence-corrected chi connectivity index (χ0v) is 13.6. The molecule has 1 amide bonds. The number of benzene rings is 1. The Bertz CT molecular complexity index is 452.